The van der Waals surface area contributed by atoms with Gasteiger partial charge in [-0.2, -0.15) is 10.2 Å². The van der Waals surface area contributed by atoms with E-state index in [1.165, 1.54) is 0 Å². The van der Waals surface area contributed by atoms with Gasteiger partial charge in [-0.3, -0.25) is 9.25 Å². The molecule has 10 heteroatoms. The fourth-order valence-corrected chi connectivity index (χ4v) is 4.33. The molecule has 1 aliphatic heterocycles. The molecule has 168 valence electrons. The molecule has 2 N–H and O–H groups in total. The van der Waals surface area contributed by atoms with Crippen LogP contribution in [-0.4, -0.2) is 44.5 Å². The molecule has 0 spiro atoms. The van der Waals surface area contributed by atoms with Gasteiger partial charge in [0.25, 0.3) is 5.88 Å². The number of piperidine rings is 1. The first-order valence-corrected chi connectivity index (χ1v) is 10.7. The fourth-order valence-electron chi connectivity index (χ4n) is 4.33. The number of nitrogens with zero attached hydrogens (tertiary/aromatic N) is 6. The van der Waals surface area contributed by atoms with Crippen molar-refractivity contribution in [3.05, 3.63) is 54.2 Å². The second-order valence-corrected chi connectivity index (χ2v) is 8.10. The van der Waals surface area contributed by atoms with Crippen molar-refractivity contribution in [2.24, 2.45) is 5.92 Å². The lowest BCUT2D eigenvalue weighted by molar-refractivity contribution is 0.250. The van der Waals surface area contributed by atoms with Crippen LogP contribution in [-0.2, 0) is 0 Å². The van der Waals surface area contributed by atoms with Gasteiger partial charge < -0.3 is 15.4 Å². The molecule has 9 nitrogen and oxygen atoms in total. The number of anilines is 2. The topological polar surface area (TPSA) is 106 Å². The van der Waals surface area contributed by atoms with Crippen LogP contribution in [0.4, 0.5) is 16.0 Å². The van der Waals surface area contributed by atoms with E-state index < -0.39 is 5.82 Å². The normalized spacial score (nSPS) is 18.2. The summed E-state index contributed by atoms with van der Waals surface area (Å²) in [6.45, 7) is 4.05. The van der Waals surface area contributed by atoms with E-state index >= 15 is 0 Å². The molecule has 1 aliphatic rings. The molecule has 1 fully saturated rings. The second-order valence-electron chi connectivity index (χ2n) is 8.10. The Morgan fingerprint density at radius 2 is 2.21 bits per heavy atom. The summed E-state index contributed by atoms with van der Waals surface area (Å²) in [5.74, 6) is 0.550. The minimum atomic E-state index is -0.577. The molecule has 4 aromatic rings. The van der Waals surface area contributed by atoms with Crippen LogP contribution in [0.25, 0.3) is 16.7 Å². The van der Waals surface area contributed by atoms with Gasteiger partial charge in [-0.1, -0.05) is 13.0 Å². The summed E-state index contributed by atoms with van der Waals surface area (Å²) in [6.07, 6.45) is 5.66. The Bertz CT molecular complexity index is 1350. The fraction of sp³-hybridized carbons (Fsp3) is 0.304. The van der Waals surface area contributed by atoms with E-state index in [0.29, 0.717) is 28.6 Å². The largest absolute Gasteiger partial charge is 0.478 e. The van der Waals surface area contributed by atoms with Crippen LogP contribution in [0.5, 0.6) is 5.88 Å². The van der Waals surface area contributed by atoms with E-state index in [9.17, 15) is 9.65 Å². The summed E-state index contributed by atoms with van der Waals surface area (Å²) in [4.78, 5) is 8.51. The van der Waals surface area contributed by atoms with Gasteiger partial charge in [0.2, 0.25) is 5.95 Å². The van der Waals surface area contributed by atoms with E-state index in [0.717, 1.165) is 31.1 Å². The molecule has 33 heavy (non-hydrogen) atoms. The highest BCUT2D eigenvalue weighted by Gasteiger charge is 2.25. The Labute approximate surface area is 189 Å². The van der Waals surface area contributed by atoms with Gasteiger partial charge >= 0.3 is 0 Å². The predicted molar refractivity (Wildman–Crippen MR) is 121 cm³/mol. The molecule has 5 rings (SSSR count). The monoisotopic (exact) mass is 446 g/mol. The van der Waals surface area contributed by atoms with Gasteiger partial charge in [-0.15, -0.1) is 5.10 Å². The molecular weight excluding hydrogens is 423 g/mol. The molecule has 1 aromatic carbocycles. The number of aromatic nitrogens is 5. The first kappa shape index (κ1) is 20.9. The van der Waals surface area contributed by atoms with Crippen molar-refractivity contribution in [1.29, 1.82) is 5.26 Å². The van der Waals surface area contributed by atoms with Gasteiger partial charge in [0.05, 0.1) is 42.7 Å². The van der Waals surface area contributed by atoms with E-state index in [4.69, 9.17) is 4.74 Å². The molecule has 4 heterocycles. The van der Waals surface area contributed by atoms with Crippen molar-refractivity contribution in [2.45, 2.75) is 19.4 Å². The Kier molecular flexibility index (Phi) is 5.40. The lowest BCUT2D eigenvalue weighted by Crippen LogP contribution is -2.36. The third-order valence-corrected chi connectivity index (χ3v) is 6.02. The summed E-state index contributed by atoms with van der Waals surface area (Å²) in [5.41, 5.74) is 1.80. The number of halogens is 1. The van der Waals surface area contributed by atoms with Gasteiger partial charge in [-0.05, 0) is 43.6 Å². The van der Waals surface area contributed by atoms with Crippen LogP contribution in [0.15, 0.2) is 42.9 Å². The van der Waals surface area contributed by atoms with Crippen molar-refractivity contribution in [1.82, 2.24) is 29.6 Å². The number of rotatable bonds is 5. The van der Waals surface area contributed by atoms with Crippen molar-refractivity contribution in [2.75, 3.05) is 25.5 Å². The zero-order valence-corrected chi connectivity index (χ0v) is 18.3. The highest BCUT2D eigenvalue weighted by atomic mass is 19.1. The lowest BCUT2D eigenvalue weighted by Gasteiger charge is -2.29. The molecule has 0 amide bonds. The molecule has 0 saturated carbocycles. The molecule has 2 atom stereocenters. The maximum absolute atomic E-state index is 14.7. The number of ether oxygens (including phenoxy) is 1. The standard InChI is InChI=1S/C23H23FN8O/c1-14-11-26-8-6-19(14)32-13-18(22(30-32)33-2)28-23-27-12-17(24)21(29-23)31-9-7-16-15(10-25)4-3-5-20(16)31/h3-5,7,9,12-14,19,26H,6,8,11H2,1-2H3,(H,27,28,29)/t14?,19-/m0/s1. The maximum atomic E-state index is 14.7. The summed E-state index contributed by atoms with van der Waals surface area (Å²) >= 11 is 0. The molecule has 0 radical (unpaired) electrons. The number of hydrogen-bond acceptors (Lipinski definition) is 7. The van der Waals surface area contributed by atoms with Crippen molar-refractivity contribution >= 4 is 22.5 Å². The third kappa shape index (κ3) is 3.76. The SMILES string of the molecule is COc1nn([C@H]2CCNCC2C)cc1Nc1ncc(F)c(-n2ccc3c(C#N)cccc32)n1. The van der Waals surface area contributed by atoms with Crippen molar-refractivity contribution in [3.63, 3.8) is 0 Å². The molecule has 1 unspecified atom stereocenters. The van der Waals surface area contributed by atoms with Crippen LogP contribution >= 0.6 is 0 Å². The number of hydrogen-bond donors (Lipinski definition) is 2. The Balaban J connectivity index is 1.49. The number of nitriles is 1. The van der Waals surface area contributed by atoms with E-state index in [2.05, 4.69) is 38.7 Å². The quantitative estimate of drug-likeness (QED) is 0.483. The minimum absolute atomic E-state index is 0.0796. The van der Waals surface area contributed by atoms with Gasteiger partial charge in [0.15, 0.2) is 11.6 Å². The van der Waals surface area contributed by atoms with Crippen molar-refractivity contribution < 1.29 is 9.13 Å². The summed E-state index contributed by atoms with van der Waals surface area (Å²) in [5, 5.41) is 21.2. The second kappa shape index (κ2) is 8.52. The first-order chi connectivity index (χ1) is 16.1. The summed E-state index contributed by atoms with van der Waals surface area (Å²) < 4.78 is 23.7. The molecule has 0 aliphatic carbocycles. The molecular formula is C23H23FN8O. The number of nitrogens with one attached hydrogen (secondary N) is 2. The molecule has 3 aromatic heterocycles. The van der Waals surface area contributed by atoms with Gasteiger partial charge in [0, 0.05) is 11.6 Å². The zero-order chi connectivity index (χ0) is 22.9. The summed E-state index contributed by atoms with van der Waals surface area (Å²) in [7, 11) is 1.55. The molecule has 1 saturated heterocycles. The van der Waals surface area contributed by atoms with Crippen LogP contribution in [0.2, 0.25) is 0 Å². The van der Waals surface area contributed by atoms with Crippen LogP contribution in [0.3, 0.4) is 0 Å². The third-order valence-electron chi connectivity index (χ3n) is 6.02. The maximum Gasteiger partial charge on any atom is 0.256 e. The Morgan fingerprint density at radius 3 is 3.00 bits per heavy atom. The van der Waals surface area contributed by atoms with E-state index in [1.54, 1.807) is 36.1 Å². The highest BCUT2D eigenvalue weighted by molar-refractivity contribution is 5.87. The number of benzene rings is 1. The minimum Gasteiger partial charge on any atom is -0.478 e. The smallest absolute Gasteiger partial charge is 0.256 e. The van der Waals surface area contributed by atoms with Crippen LogP contribution in [0, 0.1) is 23.1 Å². The van der Waals surface area contributed by atoms with Gasteiger partial charge in [-0.25, -0.2) is 9.37 Å². The number of methoxy groups -OCH3 is 1. The van der Waals surface area contributed by atoms with Crippen LogP contribution < -0.4 is 15.4 Å². The first-order valence-electron chi connectivity index (χ1n) is 10.7. The van der Waals surface area contributed by atoms with E-state index in [1.807, 2.05) is 16.9 Å². The van der Waals surface area contributed by atoms with E-state index in [-0.39, 0.29) is 17.8 Å². The zero-order valence-electron chi connectivity index (χ0n) is 18.3. The summed E-state index contributed by atoms with van der Waals surface area (Å²) in [6, 6.07) is 9.49. The number of fused-ring (bicyclic) bond motifs is 1. The Morgan fingerprint density at radius 1 is 1.33 bits per heavy atom. The van der Waals surface area contributed by atoms with Gasteiger partial charge in [0.1, 0.15) is 5.69 Å². The van der Waals surface area contributed by atoms with Crippen molar-refractivity contribution in [3.8, 4) is 17.8 Å². The average Bonchev–Trinajstić information content (AvgIpc) is 3.44. The lowest BCUT2D eigenvalue weighted by atomic mass is 9.96. The highest BCUT2D eigenvalue weighted by Crippen LogP contribution is 2.31. The van der Waals surface area contributed by atoms with Crippen LogP contribution in [0.1, 0.15) is 24.9 Å². The predicted octanol–water partition coefficient (Wildman–Crippen LogP) is 3.55. The molecule has 0 bridgehead atoms. The average molecular weight is 446 g/mol. The Hall–Kier alpha value is -3.97.